The van der Waals surface area contributed by atoms with Gasteiger partial charge in [0.2, 0.25) is 0 Å². The molecule has 0 radical (unpaired) electrons. The first-order chi connectivity index (χ1) is 39.2. The van der Waals surface area contributed by atoms with E-state index in [1.807, 2.05) is 42.9 Å². The molecule has 8 heterocycles. The van der Waals surface area contributed by atoms with E-state index in [0.717, 1.165) is 149 Å². The summed E-state index contributed by atoms with van der Waals surface area (Å²) in [7, 11) is 0. The molecule has 0 aliphatic carbocycles. The summed E-state index contributed by atoms with van der Waals surface area (Å²) in [4.78, 5) is 15.7. The van der Waals surface area contributed by atoms with Crippen molar-refractivity contribution in [3.63, 3.8) is 0 Å². The van der Waals surface area contributed by atoms with Crippen LogP contribution in [0, 0.1) is 11.3 Å². The zero-order valence-electron chi connectivity index (χ0n) is 42.2. The second-order valence-corrected chi connectivity index (χ2v) is 20.2. The number of nitrogens with zero attached hydrogens (tertiary/aromatic N) is 9. The molecule has 0 saturated heterocycles. The van der Waals surface area contributed by atoms with Crippen LogP contribution in [-0.4, -0.2) is 37.8 Å². The van der Waals surface area contributed by atoms with Gasteiger partial charge >= 0.3 is 0 Å². The SMILES string of the molecule is N#Cc1ccc(-c2c(-n3c4ccccc4c4ncccc43)c(-n3c4ccccc4c4ccccc43)c(-n3c4ccccc4c4ncccc43)c(-n3c4ccccc4c4ccccc43)c2-n2c3ccccc3c3ncccc32)cc1. The maximum absolute atomic E-state index is 10.6. The average Bonchev–Trinajstić information content (AvgIpc) is 3.47. The highest BCUT2D eigenvalue weighted by molar-refractivity contribution is 6.18. The van der Waals surface area contributed by atoms with Crippen LogP contribution in [0.4, 0.5) is 0 Å². The molecule has 0 saturated carbocycles. The Kier molecular flexibility index (Phi) is 9.00. The van der Waals surface area contributed by atoms with Gasteiger partial charge in [0, 0.05) is 61.9 Å². The molecule has 0 fully saturated rings. The fourth-order valence-electron chi connectivity index (χ4n) is 13.1. The lowest BCUT2D eigenvalue weighted by atomic mass is 9.94. The molecule has 9 nitrogen and oxygen atoms in total. The molecule has 0 atom stereocenters. The molecule has 0 N–H and O–H groups in total. The molecular weight excluding hydrogens is 967 g/mol. The first-order valence-electron chi connectivity index (χ1n) is 26.5. The van der Waals surface area contributed by atoms with Gasteiger partial charge in [0.05, 0.1) is 112 Å². The van der Waals surface area contributed by atoms with E-state index in [1.54, 1.807) is 0 Å². The highest BCUT2D eigenvalue weighted by Crippen LogP contribution is 2.54. The van der Waals surface area contributed by atoms with Crippen LogP contribution >= 0.6 is 0 Å². The van der Waals surface area contributed by atoms with Crippen LogP contribution in [0.25, 0.3) is 149 Å². The third-order valence-corrected chi connectivity index (χ3v) is 16.2. The summed E-state index contributed by atoms with van der Waals surface area (Å²) in [6.45, 7) is 0. The van der Waals surface area contributed by atoms with Crippen molar-refractivity contribution in [1.82, 2.24) is 37.8 Å². The number of hydrogen-bond donors (Lipinski definition) is 0. The van der Waals surface area contributed by atoms with Gasteiger partial charge in [-0.15, -0.1) is 0 Å². The highest BCUT2D eigenvalue weighted by atomic mass is 15.2. The zero-order chi connectivity index (χ0) is 51.9. The van der Waals surface area contributed by atoms with Crippen LogP contribution < -0.4 is 0 Å². The van der Waals surface area contributed by atoms with Gasteiger partial charge < -0.3 is 22.8 Å². The molecule has 366 valence electrons. The molecule has 17 rings (SSSR count). The number of fused-ring (bicyclic) bond motifs is 15. The summed E-state index contributed by atoms with van der Waals surface area (Å²) in [5, 5.41) is 18.1. The number of benzene rings is 9. The third-order valence-electron chi connectivity index (χ3n) is 16.2. The van der Waals surface area contributed by atoms with Crippen LogP contribution in [0.15, 0.2) is 249 Å². The Labute approximate surface area is 450 Å². The second kappa shape index (κ2) is 16.5. The van der Waals surface area contributed by atoms with Crippen LogP contribution in [-0.2, 0) is 0 Å². The quantitative estimate of drug-likeness (QED) is 0.166. The Hall–Kier alpha value is -11.1. The number of aromatic nitrogens is 8. The normalized spacial score (nSPS) is 12.0. The fraction of sp³-hybridized carbons (Fsp3) is 0. The van der Waals surface area contributed by atoms with Crippen molar-refractivity contribution < 1.29 is 0 Å². The summed E-state index contributed by atoms with van der Waals surface area (Å²) < 4.78 is 12.5. The van der Waals surface area contributed by atoms with Gasteiger partial charge in [0.15, 0.2) is 0 Å². The zero-order valence-corrected chi connectivity index (χ0v) is 42.2. The maximum atomic E-state index is 10.6. The lowest BCUT2D eigenvalue weighted by molar-refractivity contribution is 1.00. The minimum Gasteiger partial charge on any atom is -0.305 e. The third kappa shape index (κ3) is 5.88. The van der Waals surface area contributed by atoms with Crippen LogP contribution in [0.3, 0.4) is 0 Å². The molecule has 9 heteroatoms. The standard InChI is InChI=1S/C70H41N9/c71-42-43-35-37-44(38-36-43)62-66(77-56-29-12-5-22-49(56)63-59(77)32-15-39-72-63)68(75-52-25-8-1-18-45(52)46-19-2-9-26-53(46)75)70(79-58-31-14-7-24-51(58)65-61(79)34-17-41-74-65)69(76-54-27-10-3-20-47(54)48-21-4-11-28-55(48)76)67(62)78-57-30-13-6-23-50(57)64-60(78)33-16-40-73-64/h1-41H. The van der Waals surface area contributed by atoms with Gasteiger partial charge in [-0.2, -0.15) is 5.26 Å². The van der Waals surface area contributed by atoms with Crippen molar-refractivity contribution in [2.75, 3.05) is 0 Å². The molecule has 9 aromatic carbocycles. The molecule has 0 bridgehead atoms. The van der Waals surface area contributed by atoms with E-state index in [0.29, 0.717) is 5.56 Å². The van der Waals surface area contributed by atoms with Crippen molar-refractivity contribution in [3.05, 3.63) is 255 Å². The Balaban J connectivity index is 1.30. The minimum absolute atomic E-state index is 0.564. The van der Waals surface area contributed by atoms with Gasteiger partial charge in [-0.3, -0.25) is 15.0 Å². The summed E-state index contributed by atoms with van der Waals surface area (Å²) >= 11 is 0. The largest absolute Gasteiger partial charge is 0.305 e. The first kappa shape index (κ1) is 43.2. The van der Waals surface area contributed by atoms with Crippen molar-refractivity contribution in [1.29, 1.82) is 5.26 Å². The monoisotopic (exact) mass is 1010 g/mol. The van der Waals surface area contributed by atoms with E-state index in [4.69, 9.17) is 15.0 Å². The van der Waals surface area contributed by atoms with Gasteiger partial charge in [-0.05, 0) is 96.6 Å². The minimum atomic E-state index is 0.564. The lowest BCUT2D eigenvalue weighted by Gasteiger charge is -2.31. The Bertz CT molecular complexity index is 4950. The highest BCUT2D eigenvalue weighted by Gasteiger charge is 2.37. The van der Waals surface area contributed by atoms with Gasteiger partial charge in [0.25, 0.3) is 0 Å². The van der Waals surface area contributed by atoms with Crippen molar-refractivity contribution >= 4 is 109 Å². The molecule has 17 aromatic rings. The topological polar surface area (TPSA) is 87.1 Å². The molecular formula is C70H41N9. The molecule has 8 aromatic heterocycles. The number of para-hydroxylation sites is 7. The average molecular weight is 1010 g/mol. The second-order valence-electron chi connectivity index (χ2n) is 20.2. The van der Waals surface area contributed by atoms with E-state index < -0.39 is 0 Å². The Morgan fingerprint density at radius 3 is 0.835 bits per heavy atom. The predicted octanol–water partition coefficient (Wildman–Crippen LogP) is 16.9. The van der Waals surface area contributed by atoms with Crippen LogP contribution in [0.5, 0.6) is 0 Å². The summed E-state index contributed by atoms with van der Waals surface area (Å²) in [5.41, 5.74) is 19.6. The van der Waals surface area contributed by atoms with Gasteiger partial charge in [-0.25, -0.2) is 0 Å². The van der Waals surface area contributed by atoms with E-state index in [2.05, 4.69) is 235 Å². The first-order valence-corrected chi connectivity index (χ1v) is 26.5. The number of nitriles is 1. The van der Waals surface area contributed by atoms with E-state index >= 15 is 0 Å². The summed E-state index contributed by atoms with van der Waals surface area (Å²) in [5.74, 6) is 0. The van der Waals surface area contributed by atoms with E-state index in [-0.39, 0.29) is 0 Å². The van der Waals surface area contributed by atoms with Crippen molar-refractivity contribution in [2.24, 2.45) is 0 Å². The smallest absolute Gasteiger partial charge is 0.0991 e. The van der Waals surface area contributed by atoms with Crippen molar-refractivity contribution in [3.8, 4) is 45.6 Å². The van der Waals surface area contributed by atoms with E-state index in [9.17, 15) is 5.26 Å². The Morgan fingerprint density at radius 2 is 0.506 bits per heavy atom. The summed E-state index contributed by atoms with van der Waals surface area (Å²) in [6, 6.07) is 84.6. The Morgan fingerprint density at radius 1 is 0.253 bits per heavy atom. The predicted molar refractivity (Wildman–Crippen MR) is 322 cm³/mol. The number of rotatable bonds is 6. The molecule has 0 aliphatic heterocycles. The number of hydrogen-bond acceptors (Lipinski definition) is 4. The summed E-state index contributed by atoms with van der Waals surface area (Å²) in [6.07, 6.45) is 5.70. The molecule has 0 unspecified atom stereocenters. The van der Waals surface area contributed by atoms with E-state index in [1.165, 1.54) is 0 Å². The molecule has 0 amide bonds. The molecule has 0 aliphatic rings. The van der Waals surface area contributed by atoms with Gasteiger partial charge in [0.1, 0.15) is 0 Å². The lowest BCUT2D eigenvalue weighted by Crippen LogP contribution is -2.18. The molecule has 79 heavy (non-hydrogen) atoms. The fourth-order valence-corrected chi connectivity index (χ4v) is 13.1. The van der Waals surface area contributed by atoms with Crippen LogP contribution in [0.2, 0.25) is 0 Å². The molecule has 0 spiro atoms. The number of pyridine rings is 3. The van der Waals surface area contributed by atoms with Gasteiger partial charge in [-0.1, -0.05) is 140 Å². The van der Waals surface area contributed by atoms with Crippen LogP contribution in [0.1, 0.15) is 5.56 Å². The van der Waals surface area contributed by atoms with Crippen molar-refractivity contribution in [2.45, 2.75) is 0 Å². The maximum Gasteiger partial charge on any atom is 0.0991 e.